The lowest BCUT2D eigenvalue weighted by Crippen LogP contribution is -2.37. The van der Waals surface area contributed by atoms with Gasteiger partial charge in [0.2, 0.25) is 5.75 Å². The maximum Gasteiger partial charge on any atom is 0.321 e. The molecule has 0 aliphatic carbocycles. The van der Waals surface area contributed by atoms with Crippen LogP contribution in [0.15, 0.2) is 12.1 Å². The molecule has 8 heteroatoms. The van der Waals surface area contributed by atoms with Gasteiger partial charge in [0.25, 0.3) is 0 Å². The van der Waals surface area contributed by atoms with Gasteiger partial charge in [-0.05, 0) is 13.3 Å². The highest BCUT2D eigenvalue weighted by Gasteiger charge is 2.42. The summed E-state index contributed by atoms with van der Waals surface area (Å²) in [5.41, 5.74) is -0.439. The van der Waals surface area contributed by atoms with Crippen LogP contribution in [0.25, 0.3) is 0 Å². The van der Waals surface area contributed by atoms with Gasteiger partial charge >= 0.3 is 12.0 Å². The number of amides is 2. The van der Waals surface area contributed by atoms with Crippen LogP contribution in [-0.2, 0) is 4.79 Å². The molecule has 2 rings (SSSR count). The van der Waals surface area contributed by atoms with Crippen LogP contribution >= 0.6 is 0 Å². The van der Waals surface area contributed by atoms with Gasteiger partial charge in [-0.1, -0.05) is 0 Å². The van der Waals surface area contributed by atoms with E-state index in [9.17, 15) is 14.7 Å². The normalized spacial score (nSPS) is 19.8. The van der Waals surface area contributed by atoms with Gasteiger partial charge in [-0.2, -0.15) is 0 Å². The molecule has 0 aromatic heterocycles. The van der Waals surface area contributed by atoms with E-state index in [1.165, 1.54) is 26.2 Å². The van der Waals surface area contributed by atoms with Crippen LogP contribution in [0.4, 0.5) is 10.5 Å². The summed E-state index contributed by atoms with van der Waals surface area (Å²) in [5.74, 6) is 0.371. The third-order valence-corrected chi connectivity index (χ3v) is 4.19. The summed E-state index contributed by atoms with van der Waals surface area (Å²) < 4.78 is 15.7. The van der Waals surface area contributed by atoms with Crippen LogP contribution in [-0.4, -0.2) is 56.4 Å². The van der Waals surface area contributed by atoms with Gasteiger partial charge in [0, 0.05) is 25.2 Å². The number of carbonyl (C=O) groups excluding carboxylic acids is 1. The summed E-state index contributed by atoms with van der Waals surface area (Å²) in [6.07, 6.45) is 0.422. The second-order valence-corrected chi connectivity index (χ2v) is 5.88. The van der Waals surface area contributed by atoms with Crippen LogP contribution in [0, 0.1) is 5.41 Å². The number of hydrogen-bond donors (Lipinski definition) is 2. The maximum atomic E-state index is 12.4. The number of anilines is 1. The van der Waals surface area contributed by atoms with Crippen LogP contribution in [0.1, 0.15) is 13.3 Å². The molecule has 1 heterocycles. The maximum absolute atomic E-state index is 12.4. The Labute approximate surface area is 140 Å². The smallest absolute Gasteiger partial charge is 0.321 e. The Morgan fingerprint density at radius 2 is 1.75 bits per heavy atom. The highest BCUT2D eigenvalue weighted by atomic mass is 16.5. The lowest BCUT2D eigenvalue weighted by atomic mass is 9.90. The molecule has 1 fully saturated rings. The molecule has 0 bridgehead atoms. The molecule has 1 atom stereocenters. The molecule has 1 aromatic rings. The number of nitrogens with zero attached hydrogens (tertiary/aromatic N) is 1. The van der Waals surface area contributed by atoms with Crippen molar-refractivity contribution in [2.45, 2.75) is 13.3 Å². The van der Waals surface area contributed by atoms with Crippen LogP contribution in [0.3, 0.4) is 0 Å². The van der Waals surface area contributed by atoms with E-state index in [0.717, 1.165) is 0 Å². The number of rotatable bonds is 5. The Morgan fingerprint density at radius 1 is 1.17 bits per heavy atom. The van der Waals surface area contributed by atoms with E-state index in [1.54, 1.807) is 19.1 Å². The number of likely N-dealkylation sites (tertiary alicyclic amines) is 1. The van der Waals surface area contributed by atoms with E-state index in [-0.39, 0.29) is 12.6 Å². The predicted molar refractivity (Wildman–Crippen MR) is 87.0 cm³/mol. The average Bonchev–Trinajstić information content (AvgIpc) is 2.97. The highest BCUT2D eigenvalue weighted by Crippen LogP contribution is 2.40. The highest BCUT2D eigenvalue weighted by molar-refractivity contribution is 5.91. The number of urea groups is 1. The Bertz CT molecular complexity index is 622. The SMILES string of the molecule is COc1cc(NC(=O)N2CCC(C)(C(=O)O)C2)cc(OC)c1OC. The number of ether oxygens (including phenoxy) is 3. The zero-order valence-electron chi connectivity index (χ0n) is 14.2. The number of nitrogens with one attached hydrogen (secondary N) is 1. The fraction of sp³-hybridized carbons (Fsp3) is 0.500. The molecule has 1 aromatic carbocycles. The first kappa shape index (κ1) is 17.7. The Morgan fingerprint density at radius 3 is 2.17 bits per heavy atom. The van der Waals surface area contributed by atoms with E-state index in [1.807, 2.05) is 0 Å². The number of benzene rings is 1. The van der Waals surface area contributed by atoms with Crippen molar-refractivity contribution in [3.8, 4) is 17.2 Å². The Hall–Kier alpha value is -2.64. The first-order valence-electron chi connectivity index (χ1n) is 7.44. The van der Waals surface area contributed by atoms with Crippen molar-refractivity contribution in [3.05, 3.63) is 12.1 Å². The summed E-state index contributed by atoms with van der Waals surface area (Å²) in [6.45, 7) is 2.19. The summed E-state index contributed by atoms with van der Waals surface area (Å²) in [6, 6.07) is 2.87. The fourth-order valence-electron chi connectivity index (χ4n) is 2.66. The minimum Gasteiger partial charge on any atom is -0.493 e. The van der Waals surface area contributed by atoms with Gasteiger partial charge in [0.15, 0.2) is 11.5 Å². The third-order valence-electron chi connectivity index (χ3n) is 4.19. The molecule has 2 amide bonds. The minimum absolute atomic E-state index is 0.165. The van der Waals surface area contributed by atoms with Crippen LogP contribution in [0.5, 0.6) is 17.2 Å². The van der Waals surface area contributed by atoms with Gasteiger partial charge in [-0.15, -0.1) is 0 Å². The van der Waals surface area contributed by atoms with Crippen molar-refractivity contribution in [1.82, 2.24) is 4.90 Å². The van der Waals surface area contributed by atoms with Gasteiger partial charge in [0.05, 0.1) is 32.4 Å². The van der Waals surface area contributed by atoms with E-state index >= 15 is 0 Å². The zero-order valence-corrected chi connectivity index (χ0v) is 14.2. The summed E-state index contributed by atoms with van der Waals surface area (Å²) in [4.78, 5) is 25.2. The Balaban J connectivity index is 2.16. The average molecular weight is 338 g/mol. The third kappa shape index (κ3) is 3.32. The largest absolute Gasteiger partial charge is 0.493 e. The molecule has 0 saturated carbocycles. The first-order valence-corrected chi connectivity index (χ1v) is 7.44. The van der Waals surface area contributed by atoms with Crippen molar-refractivity contribution in [2.24, 2.45) is 5.41 Å². The van der Waals surface area contributed by atoms with Crippen molar-refractivity contribution >= 4 is 17.7 Å². The second-order valence-electron chi connectivity index (χ2n) is 5.88. The standard InChI is InChI=1S/C16H22N2O6/c1-16(14(19)20)5-6-18(9-16)15(21)17-10-7-11(22-2)13(24-4)12(8-10)23-3/h7-8H,5-6,9H2,1-4H3,(H,17,21)(H,19,20). The number of hydrogen-bond acceptors (Lipinski definition) is 5. The van der Waals surface area contributed by atoms with E-state index < -0.39 is 11.4 Å². The molecular formula is C16H22N2O6. The Kier molecular flexibility index (Phi) is 5.06. The molecular weight excluding hydrogens is 316 g/mol. The monoisotopic (exact) mass is 338 g/mol. The predicted octanol–water partition coefficient (Wildman–Crippen LogP) is 2.04. The first-order chi connectivity index (χ1) is 11.3. The van der Waals surface area contributed by atoms with E-state index in [0.29, 0.717) is 35.9 Å². The molecule has 0 spiro atoms. The summed E-state index contributed by atoms with van der Waals surface area (Å²) >= 11 is 0. The zero-order chi connectivity index (χ0) is 17.9. The van der Waals surface area contributed by atoms with Gasteiger partial charge in [-0.25, -0.2) is 4.79 Å². The number of methoxy groups -OCH3 is 3. The fourth-order valence-corrected chi connectivity index (χ4v) is 2.66. The molecule has 2 N–H and O–H groups in total. The molecule has 1 saturated heterocycles. The number of carbonyl (C=O) groups is 2. The summed E-state index contributed by atoms with van der Waals surface area (Å²) in [5, 5.41) is 12.0. The molecule has 1 aliphatic rings. The summed E-state index contributed by atoms with van der Waals surface area (Å²) in [7, 11) is 4.47. The topological polar surface area (TPSA) is 97.3 Å². The minimum atomic E-state index is -0.910. The van der Waals surface area contributed by atoms with Crippen molar-refractivity contribution in [2.75, 3.05) is 39.7 Å². The van der Waals surface area contributed by atoms with Crippen molar-refractivity contribution in [3.63, 3.8) is 0 Å². The van der Waals surface area contributed by atoms with E-state index in [2.05, 4.69) is 5.32 Å². The molecule has 8 nitrogen and oxygen atoms in total. The van der Waals surface area contributed by atoms with Crippen molar-refractivity contribution in [1.29, 1.82) is 0 Å². The molecule has 1 aliphatic heterocycles. The molecule has 1 unspecified atom stereocenters. The quantitative estimate of drug-likeness (QED) is 0.853. The van der Waals surface area contributed by atoms with E-state index in [4.69, 9.17) is 14.2 Å². The van der Waals surface area contributed by atoms with Crippen molar-refractivity contribution < 1.29 is 28.9 Å². The van der Waals surface area contributed by atoms with Gasteiger partial charge in [-0.3, -0.25) is 4.79 Å². The van der Waals surface area contributed by atoms with Crippen LogP contribution < -0.4 is 19.5 Å². The molecule has 0 radical (unpaired) electrons. The van der Waals surface area contributed by atoms with Gasteiger partial charge in [0.1, 0.15) is 0 Å². The number of carboxylic acids is 1. The molecule has 24 heavy (non-hydrogen) atoms. The number of aliphatic carboxylic acids is 1. The lowest BCUT2D eigenvalue weighted by Gasteiger charge is -2.21. The number of carboxylic acid groups (broad SMARTS) is 1. The second kappa shape index (κ2) is 6.86. The van der Waals surface area contributed by atoms with Gasteiger partial charge < -0.3 is 29.5 Å². The molecule has 132 valence electrons. The lowest BCUT2D eigenvalue weighted by molar-refractivity contribution is -0.146. The van der Waals surface area contributed by atoms with Crippen LogP contribution in [0.2, 0.25) is 0 Å².